The van der Waals surface area contributed by atoms with E-state index in [0.717, 1.165) is 34.5 Å². The molecule has 9 heteroatoms. The summed E-state index contributed by atoms with van der Waals surface area (Å²) in [6.07, 6.45) is 8.02. The van der Waals surface area contributed by atoms with Gasteiger partial charge in [0, 0.05) is 35.3 Å². The van der Waals surface area contributed by atoms with E-state index in [4.69, 9.17) is 5.73 Å². The Bertz CT molecular complexity index is 1500. The van der Waals surface area contributed by atoms with E-state index < -0.39 is 4.92 Å². The number of imidazole rings is 1. The van der Waals surface area contributed by atoms with E-state index in [-0.39, 0.29) is 11.6 Å². The quantitative estimate of drug-likeness (QED) is 0.156. The van der Waals surface area contributed by atoms with Crippen LogP contribution < -0.4 is 16.4 Å². The lowest BCUT2D eigenvalue weighted by Gasteiger charge is -2.15. The number of nitrogens with zero attached hydrogens (tertiary/aromatic N) is 2. The standard InChI is InChI=1S/C28H24N6O3/c29-14-13-19-1-6-20(7-2-19)27(26-24-15-23(34(36)37)11-12-25(24)33-28(26)35)32-21-8-3-18(4-9-21)5-10-22-16-30-17-31-22/h1-12,15-17,32H,13-14,29H2,(H,30,31)(H,33,35)/b10-5+,27-26-. The number of aromatic nitrogens is 2. The number of amides is 1. The van der Waals surface area contributed by atoms with Crippen LogP contribution in [0.15, 0.2) is 79.3 Å². The lowest BCUT2D eigenvalue weighted by atomic mass is 9.98. The number of benzene rings is 3. The lowest BCUT2D eigenvalue weighted by molar-refractivity contribution is -0.384. The molecule has 0 atom stereocenters. The maximum absolute atomic E-state index is 13.1. The lowest BCUT2D eigenvalue weighted by Crippen LogP contribution is -2.10. The molecule has 1 aliphatic heterocycles. The number of carbonyl (C=O) groups is 1. The van der Waals surface area contributed by atoms with Gasteiger partial charge in [-0.05, 0) is 53.9 Å². The highest BCUT2D eigenvalue weighted by atomic mass is 16.6. The molecule has 1 aromatic heterocycles. The van der Waals surface area contributed by atoms with Crippen LogP contribution in [0.3, 0.4) is 0 Å². The van der Waals surface area contributed by atoms with E-state index in [9.17, 15) is 14.9 Å². The SMILES string of the molecule is NCCc1ccc(/C(Nc2ccc(/C=C/c3c[nH]cn3)cc2)=C2/C(=O)Nc3ccc([N+](=O)[O-])cc32)cc1. The highest BCUT2D eigenvalue weighted by Gasteiger charge is 2.30. The van der Waals surface area contributed by atoms with Gasteiger partial charge >= 0.3 is 0 Å². The summed E-state index contributed by atoms with van der Waals surface area (Å²) in [5.41, 5.74) is 11.9. The van der Waals surface area contributed by atoms with Gasteiger partial charge in [0.25, 0.3) is 11.6 Å². The van der Waals surface area contributed by atoms with Crippen LogP contribution in [0.2, 0.25) is 0 Å². The summed E-state index contributed by atoms with van der Waals surface area (Å²) < 4.78 is 0. The van der Waals surface area contributed by atoms with Crippen molar-refractivity contribution < 1.29 is 9.72 Å². The highest BCUT2D eigenvalue weighted by Crippen LogP contribution is 2.39. The Morgan fingerprint density at radius 3 is 2.51 bits per heavy atom. The summed E-state index contributed by atoms with van der Waals surface area (Å²) in [6.45, 7) is 0.534. The second kappa shape index (κ2) is 10.3. The number of anilines is 2. The number of fused-ring (bicyclic) bond motifs is 1. The molecule has 0 bridgehead atoms. The minimum absolute atomic E-state index is 0.0848. The van der Waals surface area contributed by atoms with E-state index in [1.165, 1.54) is 12.1 Å². The Labute approximate surface area is 212 Å². The van der Waals surface area contributed by atoms with Gasteiger partial charge in [-0.25, -0.2) is 4.98 Å². The molecule has 0 saturated carbocycles. The first kappa shape index (κ1) is 23.7. The Kier molecular flexibility index (Phi) is 6.60. The molecule has 3 aromatic carbocycles. The van der Waals surface area contributed by atoms with Crippen LogP contribution in [0.5, 0.6) is 0 Å². The first-order valence-corrected chi connectivity index (χ1v) is 11.7. The molecule has 0 aliphatic carbocycles. The fraction of sp³-hybridized carbons (Fsp3) is 0.0714. The van der Waals surface area contributed by atoms with Gasteiger partial charge < -0.3 is 21.4 Å². The summed E-state index contributed by atoms with van der Waals surface area (Å²) in [7, 11) is 0. The monoisotopic (exact) mass is 492 g/mol. The topological polar surface area (TPSA) is 139 Å². The zero-order chi connectivity index (χ0) is 25.8. The minimum Gasteiger partial charge on any atom is -0.354 e. The fourth-order valence-corrected chi connectivity index (χ4v) is 4.17. The molecular weight excluding hydrogens is 468 g/mol. The summed E-state index contributed by atoms with van der Waals surface area (Å²) in [5.74, 6) is -0.331. The molecule has 0 unspecified atom stereocenters. The average Bonchev–Trinajstić information content (AvgIpc) is 3.54. The maximum Gasteiger partial charge on any atom is 0.270 e. The molecule has 0 radical (unpaired) electrons. The largest absolute Gasteiger partial charge is 0.354 e. The van der Waals surface area contributed by atoms with Crippen LogP contribution >= 0.6 is 0 Å². The average molecular weight is 493 g/mol. The summed E-state index contributed by atoms with van der Waals surface area (Å²) in [6, 6.07) is 19.9. The Morgan fingerprint density at radius 2 is 1.84 bits per heavy atom. The molecule has 0 fully saturated rings. The number of hydrogen-bond acceptors (Lipinski definition) is 6. The number of nitrogens with one attached hydrogen (secondary N) is 3. The smallest absolute Gasteiger partial charge is 0.270 e. The fourth-order valence-electron chi connectivity index (χ4n) is 4.17. The summed E-state index contributed by atoms with van der Waals surface area (Å²) in [4.78, 5) is 31.2. The van der Waals surface area contributed by atoms with Crippen molar-refractivity contribution in [3.8, 4) is 0 Å². The van der Waals surface area contributed by atoms with E-state index in [1.807, 2.05) is 60.7 Å². The van der Waals surface area contributed by atoms with Crippen molar-refractivity contribution in [2.45, 2.75) is 6.42 Å². The van der Waals surface area contributed by atoms with Crippen molar-refractivity contribution >= 4 is 46.4 Å². The number of H-pyrrole nitrogens is 1. The van der Waals surface area contributed by atoms with Crippen molar-refractivity contribution in [3.05, 3.63) is 117 Å². The molecule has 37 heavy (non-hydrogen) atoms. The number of aromatic amines is 1. The number of non-ortho nitro benzene ring substituents is 1. The summed E-state index contributed by atoms with van der Waals surface area (Å²) in [5, 5.41) is 17.6. The highest BCUT2D eigenvalue weighted by molar-refractivity contribution is 6.37. The molecular formula is C28H24N6O3. The van der Waals surface area contributed by atoms with Crippen LogP contribution in [-0.4, -0.2) is 27.3 Å². The number of nitro groups is 1. The van der Waals surface area contributed by atoms with Crippen molar-refractivity contribution in [1.29, 1.82) is 0 Å². The van der Waals surface area contributed by atoms with Crippen LogP contribution in [-0.2, 0) is 11.2 Å². The first-order chi connectivity index (χ1) is 18.0. The molecule has 1 aliphatic rings. The van der Waals surface area contributed by atoms with Gasteiger partial charge in [-0.1, -0.05) is 42.5 Å². The molecule has 9 nitrogen and oxygen atoms in total. The molecule has 0 saturated heterocycles. The van der Waals surface area contributed by atoms with Gasteiger partial charge in [0.2, 0.25) is 0 Å². The second-order valence-corrected chi connectivity index (χ2v) is 8.50. The van der Waals surface area contributed by atoms with Gasteiger partial charge in [-0.15, -0.1) is 0 Å². The third-order valence-electron chi connectivity index (χ3n) is 6.03. The molecule has 0 spiro atoms. The Balaban J connectivity index is 1.55. The number of nitro benzene ring substituents is 1. The van der Waals surface area contributed by atoms with Gasteiger partial charge in [0.15, 0.2) is 0 Å². The van der Waals surface area contributed by atoms with Crippen LogP contribution in [0.4, 0.5) is 17.1 Å². The molecule has 5 rings (SSSR count). The number of rotatable bonds is 8. The second-order valence-electron chi connectivity index (χ2n) is 8.50. The zero-order valence-electron chi connectivity index (χ0n) is 19.8. The minimum atomic E-state index is -0.468. The van der Waals surface area contributed by atoms with Gasteiger partial charge in [0.1, 0.15) is 0 Å². The number of carbonyl (C=O) groups excluding carboxylic acids is 1. The van der Waals surface area contributed by atoms with E-state index >= 15 is 0 Å². The van der Waals surface area contributed by atoms with Crippen molar-refractivity contribution in [3.63, 3.8) is 0 Å². The van der Waals surface area contributed by atoms with Crippen molar-refractivity contribution in [2.75, 3.05) is 17.2 Å². The van der Waals surface area contributed by atoms with Crippen LogP contribution in [0.1, 0.15) is 27.9 Å². The summed E-state index contributed by atoms with van der Waals surface area (Å²) >= 11 is 0. The Hall–Kier alpha value is -5.02. The molecule has 4 aromatic rings. The zero-order valence-corrected chi connectivity index (χ0v) is 19.8. The van der Waals surface area contributed by atoms with Crippen LogP contribution in [0.25, 0.3) is 23.4 Å². The van der Waals surface area contributed by atoms with Crippen molar-refractivity contribution in [1.82, 2.24) is 9.97 Å². The predicted octanol–water partition coefficient (Wildman–Crippen LogP) is 4.92. The van der Waals surface area contributed by atoms with Crippen molar-refractivity contribution in [2.24, 2.45) is 5.73 Å². The third-order valence-corrected chi connectivity index (χ3v) is 6.03. The van der Waals surface area contributed by atoms with Gasteiger partial charge in [-0.3, -0.25) is 14.9 Å². The first-order valence-electron chi connectivity index (χ1n) is 11.7. The van der Waals surface area contributed by atoms with E-state index in [2.05, 4.69) is 20.6 Å². The van der Waals surface area contributed by atoms with Gasteiger partial charge in [0.05, 0.1) is 28.2 Å². The Morgan fingerprint density at radius 1 is 1.05 bits per heavy atom. The molecule has 184 valence electrons. The van der Waals surface area contributed by atoms with Crippen LogP contribution in [0, 0.1) is 10.1 Å². The molecule has 1 amide bonds. The van der Waals surface area contributed by atoms with Gasteiger partial charge in [-0.2, -0.15) is 0 Å². The third kappa shape index (κ3) is 5.16. The molecule has 2 heterocycles. The van der Waals surface area contributed by atoms with E-state index in [1.54, 1.807) is 18.6 Å². The number of hydrogen-bond donors (Lipinski definition) is 4. The molecule has 5 N–H and O–H groups in total. The van der Waals surface area contributed by atoms with E-state index in [0.29, 0.717) is 29.1 Å². The maximum atomic E-state index is 13.1. The number of nitrogens with two attached hydrogens (primary N) is 1. The predicted molar refractivity (Wildman–Crippen MR) is 145 cm³/mol. The normalized spacial score (nSPS) is 13.9.